The number of amides is 1. The molecule has 0 spiro atoms. The van der Waals surface area contributed by atoms with Crippen molar-refractivity contribution in [2.75, 3.05) is 40.4 Å². The number of thioether (sulfide) groups is 1. The summed E-state index contributed by atoms with van der Waals surface area (Å²) in [6.07, 6.45) is 2.40. The second-order valence-corrected chi connectivity index (χ2v) is 5.73. The van der Waals surface area contributed by atoms with Crippen LogP contribution in [0, 0.1) is 0 Å². The molecule has 24 heavy (non-hydrogen) atoms. The Morgan fingerprint density at radius 2 is 1.67 bits per heavy atom. The normalized spacial score (nSPS) is 11.4. The maximum absolute atomic E-state index is 12.5. The van der Waals surface area contributed by atoms with E-state index in [-0.39, 0.29) is 0 Å². The lowest BCUT2D eigenvalue weighted by atomic mass is 10.1. The molecule has 0 fully saturated rings. The van der Waals surface area contributed by atoms with Gasteiger partial charge in [0.05, 0.1) is 28.4 Å². The number of nitrogens with one attached hydrogen (secondary N) is 1. The van der Waals surface area contributed by atoms with Gasteiger partial charge in [0.15, 0.2) is 11.5 Å². The highest BCUT2D eigenvalue weighted by molar-refractivity contribution is 7.98. The van der Waals surface area contributed by atoms with E-state index in [0.717, 1.165) is 5.75 Å². The number of rotatable bonds is 9. The number of ether oxygens (including phenoxy) is 4. The van der Waals surface area contributed by atoms with E-state index in [4.69, 9.17) is 18.9 Å². The van der Waals surface area contributed by atoms with Gasteiger partial charge in [-0.3, -0.25) is 4.79 Å². The molecule has 0 heterocycles. The van der Waals surface area contributed by atoms with Crippen LogP contribution in [0.3, 0.4) is 0 Å². The van der Waals surface area contributed by atoms with Crippen molar-refractivity contribution < 1.29 is 28.5 Å². The van der Waals surface area contributed by atoms with E-state index in [9.17, 15) is 9.59 Å². The summed E-state index contributed by atoms with van der Waals surface area (Å²) < 4.78 is 20.4. The topological polar surface area (TPSA) is 83.1 Å². The fourth-order valence-electron chi connectivity index (χ4n) is 2.08. The maximum atomic E-state index is 12.5. The van der Waals surface area contributed by atoms with E-state index in [1.54, 1.807) is 11.8 Å². The fourth-order valence-corrected chi connectivity index (χ4v) is 2.55. The monoisotopic (exact) mass is 357 g/mol. The van der Waals surface area contributed by atoms with E-state index in [1.165, 1.54) is 40.6 Å². The molecule has 0 saturated carbocycles. The molecule has 8 heteroatoms. The molecule has 0 unspecified atom stereocenters. The largest absolute Gasteiger partial charge is 0.493 e. The summed E-state index contributed by atoms with van der Waals surface area (Å²) in [6, 6.07) is 2.34. The van der Waals surface area contributed by atoms with Gasteiger partial charge in [-0.1, -0.05) is 0 Å². The number of methoxy groups -OCH3 is 4. The molecule has 0 aliphatic carbocycles. The van der Waals surface area contributed by atoms with Crippen LogP contribution in [0.25, 0.3) is 0 Å². The van der Waals surface area contributed by atoms with Gasteiger partial charge in [-0.2, -0.15) is 11.8 Å². The van der Waals surface area contributed by atoms with Crippen molar-refractivity contribution in [1.82, 2.24) is 5.32 Å². The molecule has 1 rings (SSSR count). The molecular formula is C16H23NO6S. The molecule has 7 nitrogen and oxygen atoms in total. The molecule has 1 amide bonds. The maximum Gasteiger partial charge on any atom is 0.328 e. The van der Waals surface area contributed by atoms with Gasteiger partial charge >= 0.3 is 5.97 Å². The Bertz CT molecular complexity index is 553. The molecule has 1 atom stereocenters. The average Bonchev–Trinajstić information content (AvgIpc) is 2.62. The molecule has 0 aliphatic rings. The predicted molar refractivity (Wildman–Crippen MR) is 92.4 cm³/mol. The minimum absolute atomic E-state index is 0.294. The van der Waals surface area contributed by atoms with Crippen LogP contribution in [0.1, 0.15) is 16.8 Å². The van der Waals surface area contributed by atoms with Gasteiger partial charge in [-0.05, 0) is 30.6 Å². The van der Waals surface area contributed by atoms with E-state index >= 15 is 0 Å². The zero-order chi connectivity index (χ0) is 18.1. The van der Waals surface area contributed by atoms with Crippen LogP contribution < -0.4 is 19.5 Å². The quantitative estimate of drug-likeness (QED) is 0.674. The first-order valence-electron chi connectivity index (χ1n) is 7.19. The molecule has 1 aromatic carbocycles. The number of carbonyl (C=O) groups is 2. The Kier molecular flexibility index (Phi) is 8.25. The fraction of sp³-hybridized carbons (Fsp3) is 0.500. The smallest absolute Gasteiger partial charge is 0.328 e. The first-order chi connectivity index (χ1) is 11.5. The molecule has 0 aliphatic heterocycles. The zero-order valence-electron chi connectivity index (χ0n) is 14.5. The summed E-state index contributed by atoms with van der Waals surface area (Å²) in [5.74, 6) is 0.926. The SMILES string of the molecule is COC(=O)[C@H](CCSC)NC(=O)c1cc(OC)c(OC)c(OC)c1. The molecule has 1 N–H and O–H groups in total. The van der Waals surface area contributed by atoms with Gasteiger partial charge < -0.3 is 24.3 Å². The predicted octanol–water partition coefficient (Wildman–Crippen LogP) is 1.74. The van der Waals surface area contributed by atoms with Crippen LogP contribution in [-0.4, -0.2) is 58.4 Å². The molecule has 134 valence electrons. The van der Waals surface area contributed by atoms with Crippen LogP contribution in [0.4, 0.5) is 0 Å². The lowest BCUT2D eigenvalue weighted by molar-refractivity contribution is -0.142. The molecule has 1 aromatic rings. The average molecular weight is 357 g/mol. The molecular weight excluding hydrogens is 334 g/mol. The van der Waals surface area contributed by atoms with Crippen molar-refractivity contribution in [3.8, 4) is 17.2 Å². The molecule has 0 saturated heterocycles. The van der Waals surface area contributed by atoms with Crippen molar-refractivity contribution in [2.45, 2.75) is 12.5 Å². The number of carbonyl (C=O) groups excluding carboxylic acids is 2. The Balaban J connectivity index is 3.06. The highest BCUT2D eigenvalue weighted by atomic mass is 32.2. The first-order valence-corrected chi connectivity index (χ1v) is 8.59. The van der Waals surface area contributed by atoms with Gasteiger partial charge in [0.2, 0.25) is 5.75 Å². The van der Waals surface area contributed by atoms with Crippen LogP contribution in [0.5, 0.6) is 17.2 Å². The summed E-state index contributed by atoms with van der Waals surface area (Å²) in [6.45, 7) is 0. The van der Waals surface area contributed by atoms with Crippen molar-refractivity contribution >= 4 is 23.6 Å². The highest BCUT2D eigenvalue weighted by Gasteiger charge is 2.23. The van der Waals surface area contributed by atoms with Gasteiger partial charge in [-0.15, -0.1) is 0 Å². The Labute approximate surface area is 146 Å². The van der Waals surface area contributed by atoms with Gasteiger partial charge in [0.1, 0.15) is 6.04 Å². The molecule has 0 aromatic heterocycles. The lowest BCUT2D eigenvalue weighted by Gasteiger charge is -2.17. The second kappa shape index (κ2) is 9.92. The third-order valence-corrected chi connectivity index (χ3v) is 3.97. The van der Waals surface area contributed by atoms with Gasteiger partial charge in [-0.25, -0.2) is 4.79 Å². The van der Waals surface area contributed by atoms with Gasteiger partial charge in [0.25, 0.3) is 5.91 Å². The van der Waals surface area contributed by atoms with E-state index in [2.05, 4.69) is 5.32 Å². The van der Waals surface area contributed by atoms with Crippen molar-refractivity contribution in [1.29, 1.82) is 0 Å². The summed E-state index contributed by atoms with van der Waals surface area (Å²) in [4.78, 5) is 24.3. The Hall–Kier alpha value is -2.09. The van der Waals surface area contributed by atoms with E-state index in [0.29, 0.717) is 29.2 Å². The van der Waals surface area contributed by atoms with Crippen LogP contribution in [0.2, 0.25) is 0 Å². The number of hydrogen-bond donors (Lipinski definition) is 1. The van der Waals surface area contributed by atoms with E-state index < -0.39 is 17.9 Å². The highest BCUT2D eigenvalue weighted by Crippen LogP contribution is 2.38. The first kappa shape index (κ1) is 20.0. The number of hydrogen-bond acceptors (Lipinski definition) is 7. The molecule has 0 bridgehead atoms. The minimum Gasteiger partial charge on any atom is -0.493 e. The third kappa shape index (κ3) is 4.95. The van der Waals surface area contributed by atoms with Crippen molar-refractivity contribution in [3.63, 3.8) is 0 Å². The number of benzene rings is 1. The summed E-state index contributed by atoms with van der Waals surface area (Å²) in [5.41, 5.74) is 0.294. The van der Waals surface area contributed by atoms with Crippen LogP contribution in [-0.2, 0) is 9.53 Å². The van der Waals surface area contributed by atoms with Crippen LogP contribution >= 0.6 is 11.8 Å². The lowest BCUT2D eigenvalue weighted by Crippen LogP contribution is -2.42. The summed E-state index contributed by atoms with van der Waals surface area (Å²) in [5, 5.41) is 2.68. The van der Waals surface area contributed by atoms with Crippen molar-refractivity contribution in [3.05, 3.63) is 17.7 Å². The Morgan fingerprint density at radius 1 is 1.08 bits per heavy atom. The standard InChI is InChI=1S/C16H23NO6S/c1-20-12-8-10(9-13(21-2)14(12)22-3)15(18)17-11(6-7-24-5)16(19)23-4/h8-9,11H,6-7H2,1-5H3,(H,17,18)/t11-/m0/s1. The number of esters is 1. The minimum atomic E-state index is -0.714. The zero-order valence-corrected chi connectivity index (χ0v) is 15.3. The molecule has 0 radical (unpaired) electrons. The van der Waals surface area contributed by atoms with Crippen molar-refractivity contribution in [2.24, 2.45) is 0 Å². The van der Waals surface area contributed by atoms with Crippen LogP contribution in [0.15, 0.2) is 12.1 Å². The summed E-state index contributed by atoms with van der Waals surface area (Å²) >= 11 is 1.58. The van der Waals surface area contributed by atoms with E-state index in [1.807, 2.05) is 6.26 Å². The summed E-state index contributed by atoms with van der Waals surface area (Å²) in [7, 11) is 5.71. The Morgan fingerprint density at radius 3 is 2.08 bits per heavy atom. The second-order valence-electron chi connectivity index (χ2n) is 4.74. The third-order valence-electron chi connectivity index (χ3n) is 3.33. The van der Waals surface area contributed by atoms with Gasteiger partial charge in [0, 0.05) is 5.56 Å².